The predicted molar refractivity (Wildman–Crippen MR) is 76.2 cm³/mol. The van der Waals surface area contributed by atoms with Crippen LogP contribution < -0.4 is 15.2 Å². The van der Waals surface area contributed by atoms with Crippen molar-refractivity contribution in [2.24, 2.45) is 5.73 Å². The Balaban J connectivity index is 2.14. The average Bonchev–Trinajstić information content (AvgIpc) is 2.47. The Hall–Kier alpha value is -2.07. The zero-order valence-electron chi connectivity index (χ0n) is 11.4. The molecule has 0 aliphatic rings. The van der Waals surface area contributed by atoms with Gasteiger partial charge in [0.15, 0.2) is 11.5 Å². The van der Waals surface area contributed by atoms with Crippen molar-refractivity contribution >= 4 is 0 Å². The summed E-state index contributed by atoms with van der Waals surface area (Å²) in [5.74, 6) is 1.03. The number of nitrogens with two attached hydrogens (primary N) is 1. The summed E-state index contributed by atoms with van der Waals surface area (Å²) in [5.41, 5.74) is 7.27. The molecular formula is C16H18FNO2. The van der Waals surface area contributed by atoms with E-state index in [1.54, 1.807) is 6.07 Å². The molecule has 0 atom stereocenters. The first kappa shape index (κ1) is 14.3. The highest BCUT2D eigenvalue weighted by molar-refractivity contribution is 5.40. The lowest BCUT2D eigenvalue weighted by atomic mass is 10.1. The molecule has 2 aromatic carbocycles. The van der Waals surface area contributed by atoms with Gasteiger partial charge in [0.1, 0.15) is 12.4 Å². The number of hydrogen-bond acceptors (Lipinski definition) is 3. The molecule has 0 unspecified atom stereocenters. The standard InChI is InChI=1S/C16H18FNO2/c1-2-19-15-5-3-4-6-16(15)20-11-13-9-14(17)8-7-12(13)10-18/h3-9H,2,10-11,18H2,1H3. The van der Waals surface area contributed by atoms with Gasteiger partial charge in [-0.3, -0.25) is 0 Å². The molecule has 0 aliphatic carbocycles. The van der Waals surface area contributed by atoms with Gasteiger partial charge >= 0.3 is 0 Å². The second-order valence-corrected chi connectivity index (χ2v) is 4.29. The molecule has 2 rings (SSSR count). The molecule has 0 aliphatic heterocycles. The number of rotatable bonds is 6. The maximum absolute atomic E-state index is 13.3. The van der Waals surface area contributed by atoms with Gasteiger partial charge in [-0.1, -0.05) is 18.2 Å². The minimum Gasteiger partial charge on any atom is -0.490 e. The van der Waals surface area contributed by atoms with Crippen LogP contribution in [-0.2, 0) is 13.2 Å². The summed E-state index contributed by atoms with van der Waals surface area (Å²) in [5, 5.41) is 0. The van der Waals surface area contributed by atoms with Crippen LogP contribution in [-0.4, -0.2) is 6.61 Å². The molecule has 2 aromatic rings. The topological polar surface area (TPSA) is 44.5 Å². The number of benzene rings is 2. The third-order valence-corrected chi connectivity index (χ3v) is 2.92. The molecule has 0 spiro atoms. The lowest BCUT2D eigenvalue weighted by molar-refractivity contribution is 0.268. The van der Waals surface area contributed by atoms with E-state index in [2.05, 4.69) is 0 Å². The van der Waals surface area contributed by atoms with E-state index in [4.69, 9.17) is 15.2 Å². The number of ether oxygens (including phenoxy) is 2. The molecule has 0 bridgehead atoms. The molecule has 3 nitrogen and oxygen atoms in total. The molecule has 0 saturated carbocycles. The minimum atomic E-state index is -0.293. The molecular weight excluding hydrogens is 257 g/mol. The Labute approximate surface area is 118 Å². The van der Waals surface area contributed by atoms with Crippen LogP contribution in [0, 0.1) is 5.82 Å². The monoisotopic (exact) mass is 275 g/mol. The van der Waals surface area contributed by atoms with Crippen LogP contribution in [0.2, 0.25) is 0 Å². The summed E-state index contributed by atoms with van der Waals surface area (Å²) in [4.78, 5) is 0. The second-order valence-electron chi connectivity index (χ2n) is 4.29. The van der Waals surface area contributed by atoms with Crippen molar-refractivity contribution in [3.63, 3.8) is 0 Å². The van der Waals surface area contributed by atoms with Gasteiger partial charge in [0.05, 0.1) is 6.61 Å². The van der Waals surface area contributed by atoms with Crippen LogP contribution in [0.4, 0.5) is 4.39 Å². The highest BCUT2D eigenvalue weighted by Gasteiger charge is 2.07. The van der Waals surface area contributed by atoms with Crippen molar-refractivity contribution in [1.82, 2.24) is 0 Å². The van der Waals surface area contributed by atoms with Crippen molar-refractivity contribution in [3.05, 3.63) is 59.4 Å². The number of para-hydroxylation sites is 2. The van der Waals surface area contributed by atoms with E-state index >= 15 is 0 Å². The summed E-state index contributed by atoms with van der Waals surface area (Å²) < 4.78 is 24.5. The van der Waals surface area contributed by atoms with Gasteiger partial charge in [-0.05, 0) is 42.3 Å². The van der Waals surface area contributed by atoms with Crippen LogP contribution in [0.25, 0.3) is 0 Å². The highest BCUT2D eigenvalue weighted by atomic mass is 19.1. The SMILES string of the molecule is CCOc1ccccc1OCc1cc(F)ccc1CN. The lowest BCUT2D eigenvalue weighted by Crippen LogP contribution is -2.06. The molecule has 20 heavy (non-hydrogen) atoms. The fourth-order valence-corrected chi connectivity index (χ4v) is 1.93. The zero-order chi connectivity index (χ0) is 14.4. The average molecular weight is 275 g/mol. The summed E-state index contributed by atoms with van der Waals surface area (Å²) in [6, 6.07) is 12.0. The Morgan fingerprint density at radius 1 is 1.00 bits per heavy atom. The van der Waals surface area contributed by atoms with E-state index in [1.807, 2.05) is 31.2 Å². The van der Waals surface area contributed by atoms with Crippen molar-refractivity contribution in [2.75, 3.05) is 6.61 Å². The van der Waals surface area contributed by atoms with Crippen LogP contribution in [0.15, 0.2) is 42.5 Å². The van der Waals surface area contributed by atoms with Gasteiger partial charge < -0.3 is 15.2 Å². The molecule has 0 fully saturated rings. The van der Waals surface area contributed by atoms with Crippen LogP contribution >= 0.6 is 0 Å². The molecule has 0 radical (unpaired) electrons. The summed E-state index contributed by atoms with van der Waals surface area (Å²) in [6.45, 7) is 3.09. The first-order valence-electron chi connectivity index (χ1n) is 6.56. The third kappa shape index (κ3) is 3.48. The molecule has 0 aromatic heterocycles. The third-order valence-electron chi connectivity index (χ3n) is 2.92. The second kappa shape index (κ2) is 6.91. The smallest absolute Gasteiger partial charge is 0.161 e. The van der Waals surface area contributed by atoms with Crippen molar-refractivity contribution in [3.8, 4) is 11.5 Å². The van der Waals surface area contributed by atoms with Gasteiger partial charge in [-0.25, -0.2) is 4.39 Å². The molecule has 106 valence electrons. The fraction of sp³-hybridized carbons (Fsp3) is 0.250. The summed E-state index contributed by atoms with van der Waals surface area (Å²) in [7, 11) is 0. The first-order chi connectivity index (χ1) is 9.74. The highest BCUT2D eigenvalue weighted by Crippen LogP contribution is 2.27. The van der Waals surface area contributed by atoms with Crippen molar-refractivity contribution in [1.29, 1.82) is 0 Å². The fourth-order valence-electron chi connectivity index (χ4n) is 1.93. The molecule has 2 N–H and O–H groups in total. The Bertz CT molecular complexity index is 572. The van der Waals surface area contributed by atoms with E-state index in [9.17, 15) is 4.39 Å². The number of hydrogen-bond donors (Lipinski definition) is 1. The molecule has 4 heteroatoms. The van der Waals surface area contributed by atoms with Gasteiger partial charge in [0, 0.05) is 6.54 Å². The van der Waals surface area contributed by atoms with E-state index in [0.29, 0.717) is 24.7 Å². The Morgan fingerprint density at radius 2 is 1.70 bits per heavy atom. The van der Waals surface area contributed by atoms with Gasteiger partial charge in [0.25, 0.3) is 0 Å². The van der Waals surface area contributed by atoms with E-state index in [-0.39, 0.29) is 12.4 Å². The molecule has 0 saturated heterocycles. The maximum Gasteiger partial charge on any atom is 0.161 e. The molecule has 0 heterocycles. The Morgan fingerprint density at radius 3 is 2.35 bits per heavy atom. The molecule has 0 amide bonds. The van der Waals surface area contributed by atoms with Crippen molar-refractivity contribution < 1.29 is 13.9 Å². The van der Waals surface area contributed by atoms with Gasteiger partial charge in [0.2, 0.25) is 0 Å². The minimum absolute atomic E-state index is 0.258. The predicted octanol–water partition coefficient (Wildman–Crippen LogP) is 3.26. The zero-order valence-corrected chi connectivity index (χ0v) is 11.4. The van der Waals surface area contributed by atoms with Crippen LogP contribution in [0.1, 0.15) is 18.1 Å². The largest absolute Gasteiger partial charge is 0.490 e. The summed E-state index contributed by atoms with van der Waals surface area (Å²) >= 11 is 0. The van der Waals surface area contributed by atoms with E-state index in [1.165, 1.54) is 12.1 Å². The van der Waals surface area contributed by atoms with Crippen LogP contribution in [0.3, 0.4) is 0 Å². The van der Waals surface area contributed by atoms with Gasteiger partial charge in [-0.2, -0.15) is 0 Å². The number of halogens is 1. The quantitative estimate of drug-likeness (QED) is 0.880. The maximum atomic E-state index is 13.3. The van der Waals surface area contributed by atoms with Gasteiger partial charge in [-0.15, -0.1) is 0 Å². The summed E-state index contributed by atoms with van der Waals surface area (Å²) in [6.07, 6.45) is 0. The van der Waals surface area contributed by atoms with Crippen molar-refractivity contribution in [2.45, 2.75) is 20.1 Å². The van der Waals surface area contributed by atoms with E-state index < -0.39 is 0 Å². The Kier molecular flexibility index (Phi) is 4.96. The normalized spacial score (nSPS) is 10.3. The lowest BCUT2D eigenvalue weighted by Gasteiger charge is -2.13. The van der Waals surface area contributed by atoms with E-state index in [0.717, 1.165) is 11.1 Å². The van der Waals surface area contributed by atoms with Crippen LogP contribution in [0.5, 0.6) is 11.5 Å². The first-order valence-corrected chi connectivity index (χ1v) is 6.56.